The fraction of sp³-hybridized carbons (Fsp3) is 0.824. The van der Waals surface area contributed by atoms with Crippen LogP contribution in [0.2, 0.25) is 0 Å². The second kappa shape index (κ2) is 7.82. The third-order valence-electron chi connectivity index (χ3n) is 4.34. The van der Waals surface area contributed by atoms with Crippen LogP contribution in [0.1, 0.15) is 72.6 Å². The zero-order valence-corrected chi connectivity index (χ0v) is 13.4. The van der Waals surface area contributed by atoms with Gasteiger partial charge in [0.05, 0.1) is 6.42 Å². The summed E-state index contributed by atoms with van der Waals surface area (Å²) in [5.41, 5.74) is 0.511. The van der Waals surface area contributed by atoms with Gasteiger partial charge in [-0.3, -0.25) is 4.79 Å². The Bertz CT molecular complexity index is 348. The molecule has 116 valence electrons. The molecule has 0 amide bonds. The monoisotopic (exact) mass is 282 g/mol. The quantitative estimate of drug-likeness (QED) is 0.541. The fourth-order valence-electron chi connectivity index (χ4n) is 2.94. The smallest absolute Gasteiger partial charge is 0.309 e. The molecule has 3 unspecified atom stereocenters. The Morgan fingerprint density at radius 2 is 2.20 bits per heavy atom. The molecule has 1 aliphatic heterocycles. The minimum Gasteiger partial charge on any atom is -0.452 e. The molecular formula is C17H30O3. The lowest BCUT2D eigenvalue weighted by Crippen LogP contribution is -2.37. The molecule has 0 aromatic heterocycles. The lowest BCUT2D eigenvalue weighted by molar-refractivity contribution is -0.146. The van der Waals surface area contributed by atoms with E-state index in [1.165, 1.54) is 24.8 Å². The van der Waals surface area contributed by atoms with E-state index in [0.717, 1.165) is 12.8 Å². The number of esters is 1. The summed E-state index contributed by atoms with van der Waals surface area (Å²) in [6.07, 6.45) is 7.78. The molecule has 0 aromatic rings. The maximum atomic E-state index is 11.4. The number of allylic oxidation sites excluding steroid dienone is 1. The number of hydrogen-bond acceptors (Lipinski definition) is 3. The lowest BCUT2D eigenvalue weighted by Gasteiger charge is -2.28. The van der Waals surface area contributed by atoms with Crippen LogP contribution in [0.25, 0.3) is 0 Å². The fourth-order valence-corrected chi connectivity index (χ4v) is 2.94. The average Bonchev–Trinajstić information content (AvgIpc) is 2.70. The Morgan fingerprint density at radius 3 is 2.65 bits per heavy atom. The van der Waals surface area contributed by atoms with E-state index in [-0.39, 0.29) is 12.4 Å². The molecule has 3 atom stereocenters. The van der Waals surface area contributed by atoms with Gasteiger partial charge >= 0.3 is 5.97 Å². The number of rotatable bonds is 8. The standard InChI is InChI=1S/C17H30O3/c1-5-8-9-13(4)10-14(6-2)12-17(7-3)15(18)11-16(19)20-17/h12-13,15,18H,5-11H2,1-4H3/b14-12+. The summed E-state index contributed by atoms with van der Waals surface area (Å²) in [7, 11) is 0. The Hall–Kier alpha value is -0.830. The first-order chi connectivity index (χ1) is 9.47. The number of aliphatic hydroxyl groups excluding tert-OH is 1. The van der Waals surface area contributed by atoms with Crippen molar-refractivity contribution in [1.29, 1.82) is 0 Å². The number of hydrogen-bond donors (Lipinski definition) is 1. The lowest BCUT2D eigenvalue weighted by atomic mass is 9.87. The van der Waals surface area contributed by atoms with Crippen LogP contribution in [0.3, 0.4) is 0 Å². The summed E-state index contributed by atoms with van der Waals surface area (Å²) >= 11 is 0. The van der Waals surface area contributed by atoms with E-state index >= 15 is 0 Å². The van der Waals surface area contributed by atoms with Crippen LogP contribution < -0.4 is 0 Å². The first kappa shape index (κ1) is 17.2. The normalized spacial score (nSPS) is 28.6. The number of carbonyl (C=O) groups is 1. The van der Waals surface area contributed by atoms with Crippen LogP contribution in [0.15, 0.2) is 11.6 Å². The molecular weight excluding hydrogens is 252 g/mol. The van der Waals surface area contributed by atoms with E-state index in [9.17, 15) is 9.90 Å². The number of carbonyl (C=O) groups excluding carboxylic acids is 1. The maximum Gasteiger partial charge on any atom is 0.309 e. The van der Waals surface area contributed by atoms with Crippen molar-refractivity contribution in [2.24, 2.45) is 5.92 Å². The molecule has 20 heavy (non-hydrogen) atoms. The van der Waals surface area contributed by atoms with Crippen molar-refractivity contribution in [2.75, 3.05) is 0 Å². The molecule has 0 saturated carbocycles. The molecule has 3 heteroatoms. The van der Waals surface area contributed by atoms with Gasteiger partial charge < -0.3 is 9.84 Å². The van der Waals surface area contributed by atoms with Crippen molar-refractivity contribution < 1.29 is 14.6 Å². The van der Waals surface area contributed by atoms with Gasteiger partial charge in [-0.1, -0.05) is 52.5 Å². The Kier molecular flexibility index (Phi) is 6.74. The molecule has 0 radical (unpaired) electrons. The molecule has 0 spiro atoms. The highest BCUT2D eigenvalue weighted by molar-refractivity contribution is 5.74. The number of aliphatic hydroxyl groups is 1. The zero-order chi connectivity index (χ0) is 15.2. The average molecular weight is 282 g/mol. The van der Waals surface area contributed by atoms with Gasteiger partial charge in [0.25, 0.3) is 0 Å². The van der Waals surface area contributed by atoms with Gasteiger partial charge in [0.2, 0.25) is 0 Å². The topological polar surface area (TPSA) is 46.5 Å². The first-order valence-corrected chi connectivity index (χ1v) is 8.07. The van der Waals surface area contributed by atoms with E-state index in [0.29, 0.717) is 12.3 Å². The van der Waals surface area contributed by atoms with E-state index in [4.69, 9.17) is 4.74 Å². The summed E-state index contributed by atoms with van der Waals surface area (Å²) in [5.74, 6) is 0.356. The highest BCUT2D eigenvalue weighted by Gasteiger charge is 2.45. The summed E-state index contributed by atoms with van der Waals surface area (Å²) in [6.45, 7) is 8.58. The molecule has 0 aliphatic carbocycles. The van der Waals surface area contributed by atoms with Crippen molar-refractivity contribution in [3.63, 3.8) is 0 Å². The predicted molar refractivity (Wildman–Crippen MR) is 81.4 cm³/mol. The van der Waals surface area contributed by atoms with Gasteiger partial charge in [0.1, 0.15) is 6.10 Å². The third kappa shape index (κ3) is 4.34. The SMILES string of the molecule is CCCCC(C)C/C(=C/C1(CC)OC(=O)CC1O)CC. The van der Waals surface area contributed by atoms with Crippen molar-refractivity contribution in [1.82, 2.24) is 0 Å². The van der Waals surface area contributed by atoms with E-state index < -0.39 is 11.7 Å². The molecule has 1 rings (SSSR count). The van der Waals surface area contributed by atoms with Gasteiger partial charge in [0, 0.05) is 0 Å². The summed E-state index contributed by atoms with van der Waals surface area (Å²) < 4.78 is 5.44. The Labute approximate surface area is 123 Å². The summed E-state index contributed by atoms with van der Waals surface area (Å²) in [4.78, 5) is 11.4. The van der Waals surface area contributed by atoms with Gasteiger partial charge in [-0.15, -0.1) is 0 Å². The highest BCUT2D eigenvalue weighted by Crippen LogP contribution is 2.34. The van der Waals surface area contributed by atoms with Gasteiger partial charge in [0.15, 0.2) is 5.60 Å². The van der Waals surface area contributed by atoms with Crippen LogP contribution in [0.5, 0.6) is 0 Å². The maximum absolute atomic E-state index is 11.4. The Morgan fingerprint density at radius 1 is 1.50 bits per heavy atom. The van der Waals surface area contributed by atoms with Gasteiger partial charge in [-0.05, 0) is 31.3 Å². The first-order valence-electron chi connectivity index (χ1n) is 8.07. The molecule has 0 bridgehead atoms. The second-order valence-electron chi connectivity index (χ2n) is 6.11. The van der Waals surface area contributed by atoms with Crippen LogP contribution in [-0.4, -0.2) is 22.8 Å². The predicted octanol–water partition coefficient (Wildman–Crippen LogP) is 4.00. The van der Waals surface area contributed by atoms with Crippen molar-refractivity contribution in [3.05, 3.63) is 11.6 Å². The van der Waals surface area contributed by atoms with Gasteiger partial charge in [-0.25, -0.2) is 0 Å². The van der Waals surface area contributed by atoms with Crippen molar-refractivity contribution in [3.8, 4) is 0 Å². The van der Waals surface area contributed by atoms with E-state index in [1.807, 2.05) is 13.0 Å². The third-order valence-corrected chi connectivity index (χ3v) is 4.34. The van der Waals surface area contributed by atoms with Crippen molar-refractivity contribution in [2.45, 2.75) is 84.3 Å². The summed E-state index contributed by atoms with van der Waals surface area (Å²) in [5, 5.41) is 10.1. The second-order valence-corrected chi connectivity index (χ2v) is 6.11. The summed E-state index contributed by atoms with van der Waals surface area (Å²) in [6, 6.07) is 0. The largest absolute Gasteiger partial charge is 0.452 e. The molecule has 1 fully saturated rings. The number of ether oxygens (including phenoxy) is 1. The number of unbranched alkanes of at least 4 members (excludes halogenated alkanes) is 1. The minimum atomic E-state index is -0.785. The zero-order valence-electron chi connectivity index (χ0n) is 13.4. The molecule has 1 saturated heterocycles. The number of cyclic esters (lactones) is 1. The highest BCUT2D eigenvalue weighted by atomic mass is 16.6. The Balaban J connectivity index is 2.78. The van der Waals surface area contributed by atoms with Crippen LogP contribution in [-0.2, 0) is 9.53 Å². The van der Waals surface area contributed by atoms with E-state index in [2.05, 4.69) is 20.8 Å². The van der Waals surface area contributed by atoms with Gasteiger partial charge in [-0.2, -0.15) is 0 Å². The molecule has 1 aliphatic rings. The van der Waals surface area contributed by atoms with Crippen molar-refractivity contribution >= 4 is 5.97 Å². The van der Waals surface area contributed by atoms with Crippen LogP contribution in [0, 0.1) is 5.92 Å². The molecule has 1 heterocycles. The van der Waals surface area contributed by atoms with Crippen LogP contribution >= 0.6 is 0 Å². The molecule has 0 aromatic carbocycles. The van der Waals surface area contributed by atoms with Crippen LogP contribution in [0.4, 0.5) is 0 Å². The minimum absolute atomic E-state index is 0.118. The van der Waals surface area contributed by atoms with E-state index in [1.54, 1.807) is 0 Å². The molecule has 3 nitrogen and oxygen atoms in total. The molecule has 1 N–H and O–H groups in total.